The molecule has 2 heterocycles. The average Bonchev–Trinajstić information content (AvgIpc) is 2.56. The van der Waals surface area contributed by atoms with Crippen molar-refractivity contribution >= 4 is 5.82 Å². The second-order valence-corrected chi connectivity index (χ2v) is 2.20. The molecule has 0 saturated carbocycles. The van der Waals surface area contributed by atoms with Gasteiger partial charge >= 0.3 is 0 Å². The van der Waals surface area contributed by atoms with Gasteiger partial charge in [0.2, 0.25) is 5.82 Å². The summed E-state index contributed by atoms with van der Waals surface area (Å²) in [5.74, 6) is 0.960. The van der Waals surface area contributed by atoms with Crippen LogP contribution in [-0.4, -0.2) is 25.6 Å². The van der Waals surface area contributed by atoms with Crippen molar-refractivity contribution in [2.24, 2.45) is 0 Å². The lowest BCUT2D eigenvalue weighted by molar-refractivity contribution is 0.881. The second-order valence-electron chi connectivity index (χ2n) is 2.20. The number of aromatic nitrogens is 5. The molecule has 0 amide bonds. The molecule has 2 rings (SSSR count). The minimum atomic E-state index is 0.442. The molecule has 3 N–H and O–H groups in total. The number of nitrogens with zero attached hydrogens (tertiary/aromatic N) is 4. The van der Waals surface area contributed by atoms with E-state index in [1.54, 1.807) is 18.3 Å². The standard InChI is InChI=1S/C6H6N6/c7-5-3-4(1-2-8-5)6-9-11-12-10-6/h1-3H,(H2,7,8)(H,9,10,11,12). The van der Waals surface area contributed by atoms with Crippen LogP contribution in [0.4, 0.5) is 5.82 Å². The van der Waals surface area contributed by atoms with Crippen LogP contribution in [0, 0.1) is 0 Å². The molecule has 0 aliphatic heterocycles. The topological polar surface area (TPSA) is 93.4 Å². The van der Waals surface area contributed by atoms with Crippen molar-refractivity contribution in [1.82, 2.24) is 25.6 Å². The number of anilines is 1. The lowest BCUT2D eigenvalue weighted by Gasteiger charge is -1.93. The van der Waals surface area contributed by atoms with Crippen LogP contribution in [0.2, 0.25) is 0 Å². The van der Waals surface area contributed by atoms with E-state index < -0.39 is 0 Å². The number of nitrogens with two attached hydrogens (primary N) is 1. The van der Waals surface area contributed by atoms with E-state index in [2.05, 4.69) is 25.6 Å². The molecule has 0 aromatic carbocycles. The third kappa shape index (κ3) is 1.09. The second kappa shape index (κ2) is 2.57. The highest BCUT2D eigenvalue weighted by Crippen LogP contribution is 2.13. The van der Waals surface area contributed by atoms with Gasteiger partial charge in [0.1, 0.15) is 5.82 Å². The molecular formula is C6H6N6. The van der Waals surface area contributed by atoms with E-state index in [9.17, 15) is 0 Å². The van der Waals surface area contributed by atoms with Crippen LogP contribution in [0.5, 0.6) is 0 Å². The van der Waals surface area contributed by atoms with E-state index in [0.29, 0.717) is 11.6 Å². The maximum atomic E-state index is 5.47. The molecule has 60 valence electrons. The number of nitrogens with one attached hydrogen (secondary N) is 1. The number of pyridine rings is 1. The van der Waals surface area contributed by atoms with Gasteiger partial charge in [-0.25, -0.2) is 4.98 Å². The maximum absolute atomic E-state index is 5.47. The Morgan fingerprint density at radius 1 is 1.42 bits per heavy atom. The maximum Gasteiger partial charge on any atom is 0.204 e. The van der Waals surface area contributed by atoms with Gasteiger partial charge in [-0.05, 0) is 17.3 Å². The Labute approximate surface area is 67.8 Å². The number of aromatic amines is 1. The quantitative estimate of drug-likeness (QED) is 0.607. The van der Waals surface area contributed by atoms with Gasteiger partial charge < -0.3 is 5.73 Å². The van der Waals surface area contributed by atoms with Gasteiger partial charge in [-0.15, -0.1) is 10.2 Å². The van der Waals surface area contributed by atoms with Crippen molar-refractivity contribution in [2.45, 2.75) is 0 Å². The molecular weight excluding hydrogens is 156 g/mol. The summed E-state index contributed by atoms with van der Waals surface area (Å²) < 4.78 is 0. The predicted molar refractivity (Wildman–Crippen MR) is 41.8 cm³/mol. The molecule has 0 aliphatic rings. The lowest BCUT2D eigenvalue weighted by Crippen LogP contribution is -1.90. The third-order valence-corrected chi connectivity index (χ3v) is 1.38. The molecule has 6 nitrogen and oxygen atoms in total. The Morgan fingerprint density at radius 2 is 2.33 bits per heavy atom. The first-order chi connectivity index (χ1) is 5.86. The van der Waals surface area contributed by atoms with Gasteiger partial charge in [-0.2, -0.15) is 5.21 Å². The van der Waals surface area contributed by atoms with Crippen molar-refractivity contribution < 1.29 is 0 Å². The third-order valence-electron chi connectivity index (χ3n) is 1.38. The molecule has 0 fully saturated rings. The summed E-state index contributed by atoms with van der Waals surface area (Å²) in [5, 5.41) is 13.4. The Hall–Kier alpha value is -1.98. The van der Waals surface area contributed by atoms with E-state index in [1.807, 2.05) is 0 Å². The summed E-state index contributed by atoms with van der Waals surface area (Å²) in [7, 11) is 0. The summed E-state index contributed by atoms with van der Waals surface area (Å²) in [6, 6.07) is 3.45. The van der Waals surface area contributed by atoms with Crippen LogP contribution < -0.4 is 5.73 Å². The molecule has 12 heavy (non-hydrogen) atoms. The number of hydrogen-bond donors (Lipinski definition) is 2. The Bertz CT molecular complexity index is 367. The first-order valence-corrected chi connectivity index (χ1v) is 3.31. The van der Waals surface area contributed by atoms with Crippen molar-refractivity contribution in [3.05, 3.63) is 18.3 Å². The van der Waals surface area contributed by atoms with Gasteiger partial charge in [0.25, 0.3) is 0 Å². The van der Waals surface area contributed by atoms with Crippen LogP contribution in [0.15, 0.2) is 18.3 Å². The minimum absolute atomic E-state index is 0.442. The van der Waals surface area contributed by atoms with E-state index in [1.165, 1.54) is 0 Å². The van der Waals surface area contributed by atoms with Crippen molar-refractivity contribution in [3.8, 4) is 11.4 Å². The van der Waals surface area contributed by atoms with Gasteiger partial charge in [-0.1, -0.05) is 0 Å². The summed E-state index contributed by atoms with van der Waals surface area (Å²) in [5.41, 5.74) is 6.27. The summed E-state index contributed by atoms with van der Waals surface area (Å²) in [4.78, 5) is 3.84. The SMILES string of the molecule is Nc1cc(-c2nn[nH]n2)ccn1. The summed E-state index contributed by atoms with van der Waals surface area (Å²) in [6.07, 6.45) is 1.60. The molecule has 2 aromatic heterocycles. The zero-order valence-electron chi connectivity index (χ0n) is 6.10. The zero-order chi connectivity index (χ0) is 8.39. The fraction of sp³-hybridized carbons (Fsp3) is 0. The highest BCUT2D eigenvalue weighted by molar-refractivity contribution is 5.57. The first-order valence-electron chi connectivity index (χ1n) is 3.31. The highest BCUT2D eigenvalue weighted by Gasteiger charge is 2.01. The lowest BCUT2D eigenvalue weighted by atomic mass is 10.2. The number of H-pyrrole nitrogens is 1. The molecule has 0 atom stereocenters. The first kappa shape index (κ1) is 6.71. The van der Waals surface area contributed by atoms with Gasteiger partial charge in [-0.3, -0.25) is 0 Å². The van der Waals surface area contributed by atoms with E-state index in [0.717, 1.165) is 5.56 Å². The highest BCUT2D eigenvalue weighted by atomic mass is 15.5. The normalized spacial score (nSPS) is 10.0. The molecule has 0 aliphatic carbocycles. The molecule has 2 aromatic rings. The fourth-order valence-electron chi connectivity index (χ4n) is 0.872. The Kier molecular flexibility index (Phi) is 1.44. The zero-order valence-corrected chi connectivity index (χ0v) is 6.10. The summed E-state index contributed by atoms with van der Waals surface area (Å²) in [6.45, 7) is 0. The van der Waals surface area contributed by atoms with Crippen molar-refractivity contribution in [1.29, 1.82) is 0 Å². The van der Waals surface area contributed by atoms with Gasteiger partial charge in [0.15, 0.2) is 0 Å². The number of tetrazole rings is 1. The van der Waals surface area contributed by atoms with Crippen LogP contribution in [0.1, 0.15) is 0 Å². The molecule has 0 spiro atoms. The van der Waals surface area contributed by atoms with Crippen molar-refractivity contribution in [2.75, 3.05) is 5.73 Å². The molecule has 0 unspecified atom stereocenters. The smallest absolute Gasteiger partial charge is 0.204 e. The van der Waals surface area contributed by atoms with Crippen LogP contribution in [0.3, 0.4) is 0 Å². The van der Waals surface area contributed by atoms with Crippen LogP contribution in [0.25, 0.3) is 11.4 Å². The largest absolute Gasteiger partial charge is 0.384 e. The monoisotopic (exact) mass is 162 g/mol. The van der Waals surface area contributed by atoms with E-state index in [-0.39, 0.29) is 0 Å². The van der Waals surface area contributed by atoms with Crippen LogP contribution in [-0.2, 0) is 0 Å². The Balaban J connectivity index is 2.48. The van der Waals surface area contributed by atoms with E-state index in [4.69, 9.17) is 5.73 Å². The molecule has 0 radical (unpaired) electrons. The summed E-state index contributed by atoms with van der Waals surface area (Å²) >= 11 is 0. The van der Waals surface area contributed by atoms with Gasteiger partial charge in [0, 0.05) is 11.8 Å². The molecule has 6 heteroatoms. The van der Waals surface area contributed by atoms with Crippen molar-refractivity contribution in [3.63, 3.8) is 0 Å². The number of rotatable bonds is 1. The van der Waals surface area contributed by atoms with Gasteiger partial charge in [0.05, 0.1) is 0 Å². The molecule has 0 bridgehead atoms. The minimum Gasteiger partial charge on any atom is -0.384 e. The number of hydrogen-bond acceptors (Lipinski definition) is 5. The van der Waals surface area contributed by atoms with Crippen LogP contribution >= 0.6 is 0 Å². The van der Waals surface area contributed by atoms with E-state index >= 15 is 0 Å². The average molecular weight is 162 g/mol. The Morgan fingerprint density at radius 3 is 3.00 bits per heavy atom. The molecule has 0 saturated heterocycles. The fourth-order valence-corrected chi connectivity index (χ4v) is 0.872. The predicted octanol–water partition coefficient (Wildman–Crippen LogP) is -0.156. The number of nitrogen functional groups attached to an aromatic ring is 1.